The van der Waals surface area contributed by atoms with E-state index in [0.29, 0.717) is 37.7 Å². The largest absolute Gasteiger partial charge is 0.484 e. The maximum Gasteiger partial charge on any atom is 0.262 e. The van der Waals surface area contributed by atoms with E-state index in [1.807, 2.05) is 25.1 Å². The predicted molar refractivity (Wildman–Crippen MR) is 106 cm³/mol. The van der Waals surface area contributed by atoms with E-state index in [4.69, 9.17) is 9.47 Å². The van der Waals surface area contributed by atoms with E-state index in [1.54, 1.807) is 18.2 Å². The molecule has 150 valence electrons. The van der Waals surface area contributed by atoms with Crippen LogP contribution in [0.3, 0.4) is 0 Å². The average molecular weight is 404 g/mol. The standard InChI is InChI=1S/C20H24N2O5S/c1-2-16-5-3-7-18(13-16)27-15-20(23)21-17-6-4-8-19(14-17)28(24,25)22-9-11-26-12-10-22/h3-8,13-14H,2,9-12,15H2,1H3,(H,21,23). The zero-order valence-electron chi connectivity index (χ0n) is 15.8. The molecule has 1 heterocycles. The molecule has 2 aromatic rings. The van der Waals surface area contributed by atoms with Gasteiger partial charge in [-0.05, 0) is 42.3 Å². The van der Waals surface area contributed by atoms with Crippen LogP contribution >= 0.6 is 0 Å². The highest BCUT2D eigenvalue weighted by Crippen LogP contribution is 2.21. The van der Waals surface area contributed by atoms with Gasteiger partial charge in [0.05, 0.1) is 18.1 Å². The van der Waals surface area contributed by atoms with E-state index in [2.05, 4.69) is 5.32 Å². The summed E-state index contributed by atoms with van der Waals surface area (Å²) in [6.07, 6.45) is 0.883. The fraction of sp³-hybridized carbons (Fsp3) is 0.350. The number of amides is 1. The van der Waals surface area contributed by atoms with Gasteiger partial charge in [-0.3, -0.25) is 4.79 Å². The van der Waals surface area contributed by atoms with Crippen molar-refractivity contribution in [1.82, 2.24) is 4.31 Å². The van der Waals surface area contributed by atoms with Crippen molar-refractivity contribution < 1.29 is 22.7 Å². The number of nitrogens with zero attached hydrogens (tertiary/aromatic N) is 1. The predicted octanol–water partition coefficient (Wildman–Crippen LogP) is 2.29. The van der Waals surface area contributed by atoms with Crippen molar-refractivity contribution in [2.45, 2.75) is 18.2 Å². The Morgan fingerprint density at radius 3 is 2.64 bits per heavy atom. The summed E-state index contributed by atoms with van der Waals surface area (Å²) in [5, 5.41) is 2.68. The van der Waals surface area contributed by atoms with Crippen LogP contribution in [0.5, 0.6) is 5.75 Å². The van der Waals surface area contributed by atoms with E-state index < -0.39 is 10.0 Å². The summed E-state index contributed by atoms with van der Waals surface area (Å²) >= 11 is 0. The SMILES string of the molecule is CCc1cccc(OCC(=O)Nc2cccc(S(=O)(=O)N3CCOCC3)c2)c1. The molecule has 0 aliphatic carbocycles. The lowest BCUT2D eigenvalue weighted by Crippen LogP contribution is -2.40. The van der Waals surface area contributed by atoms with E-state index in [0.717, 1.165) is 12.0 Å². The zero-order valence-corrected chi connectivity index (χ0v) is 16.6. The number of carbonyl (C=O) groups excluding carboxylic acids is 1. The molecule has 1 amide bonds. The first-order valence-electron chi connectivity index (χ1n) is 9.18. The second kappa shape index (κ2) is 9.18. The topological polar surface area (TPSA) is 84.9 Å². The molecule has 0 bridgehead atoms. The summed E-state index contributed by atoms with van der Waals surface area (Å²) < 4.78 is 37.6. The number of anilines is 1. The lowest BCUT2D eigenvalue weighted by molar-refractivity contribution is -0.118. The highest BCUT2D eigenvalue weighted by molar-refractivity contribution is 7.89. The molecule has 2 aromatic carbocycles. The van der Waals surface area contributed by atoms with E-state index in [-0.39, 0.29) is 17.4 Å². The molecule has 0 unspecified atom stereocenters. The van der Waals surface area contributed by atoms with E-state index in [9.17, 15) is 13.2 Å². The Balaban J connectivity index is 1.62. The molecule has 0 atom stereocenters. The summed E-state index contributed by atoms with van der Waals surface area (Å²) in [6.45, 7) is 3.29. The van der Waals surface area contributed by atoms with Crippen LogP contribution in [-0.2, 0) is 26.0 Å². The fourth-order valence-electron chi connectivity index (χ4n) is 2.87. The average Bonchev–Trinajstić information content (AvgIpc) is 2.73. The van der Waals surface area contributed by atoms with Crippen LogP contribution in [0.4, 0.5) is 5.69 Å². The number of ether oxygens (including phenoxy) is 2. The summed E-state index contributed by atoms with van der Waals surface area (Å²) in [4.78, 5) is 12.3. The monoisotopic (exact) mass is 404 g/mol. The Bertz CT molecular complexity index is 924. The molecular weight excluding hydrogens is 380 g/mol. The number of hydrogen-bond acceptors (Lipinski definition) is 5. The molecule has 0 radical (unpaired) electrons. The number of sulfonamides is 1. The van der Waals surface area contributed by atoms with Gasteiger partial charge < -0.3 is 14.8 Å². The molecule has 28 heavy (non-hydrogen) atoms. The quantitative estimate of drug-likeness (QED) is 0.765. The molecule has 1 aliphatic heterocycles. The first-order valence-corrected chi connectivity index (χ1v) is 10.6. The van der Waals surface area contributed by atoms with Crippen molar-refractivity contribution >= 4 is 21.6 Å². The van der Waals surface area contributed by atoms with Crippen LogP contribution in [0.15, 0.2) is 53.4 Å². The van der Waals surface area contributed by atoms with E-state index >= 15 is 0 Å². The highest BCUT2D eigenvalue weighted by atomic mass is 32.2. The molecule has 7 nitrogen and oxygen atoms in total. The summed E-state index contributed by atoms with van der Waals surface area (Å²) in [7, 11) is -3.61. The Labute approximate surface area is 165 Å². The molecule has 0 saturated carbocycles. The second-order valence-electron chi connectivity index (χ2n) is 6.38. The van der Waals surface area contributed by atoms with Crippen molar-refractivity contribution in [2.24, 2.45) is 0 Å². The summed E-state index contributed by atoms with van der Waals surface area (Å²) in [5.74, 6) is 0.265. The summed E-state index contributed by atoms with van der Waals surface area (Å²) in [6, 6.07) is 13.8. The Morgan fingerprint density at radius 2 is 1.89 bits per heavy atom. The van der Waals surface area contributed by atoms with Crippen LogP contribution in [0.1, 0.15) is 12.5 Å². The van der Waals surface area contributed by atoms with Gasteiger partial charge in [-0.2, -0.15) is 4.31 Å². The van der Waals surface area contributed by atoms with Crippen molar-refractivity contribution in [3.63, 3.8) is 0 Å². The maximum atomic E-state index is 12.7. The molecule has 8 heteroatoms. The summed E-state index contributed by atoms with van der Waals surface area (Å²) in [5.41, 5.74) is 1.53. The number of benzene rings is 2. The molecule has 1 fully saturated rings. The van der Waals surface area contributed by atoms with Gasteiger partial charge in [0.1, 0.15) is 5.75 Å². The Morgan fingerprint density at radius 1 is 1.14 bits per heavy atom. The minimum Gasteiger partial charge on any atom is -0.484 e. The smallest absolute Gasteiger partial charge is 0.262 e. The van der Waals surface area contributed by atoms with Gasteiger partial charge in [-0.25, -0.2) is 8.42 Å². The molecule has 3 rings (SSSR count). The third kappa shape index (κ3) is 5.09. The first kappa shape index (κ1) is 20.3. The van der Waals surface area contributed by atoms with Gasteiger partial charge in [-0.1, -0.05) is 25.1 Å². The van der Waals surface area contributed by atoms with Crippen LogP contribution in [0.2, 0.25) is 0 Å². The minimum atomic E-state index is -3.61. The highest BCUT2D eigenvalue weighted by Gasteiger charge is 2.26. The normalized spacial score (nSPS) is 15.2. The van der Waals surface area contributed by atoms with Gasteiger partial charge in [-0.15, -0.1) is 0 Å². The number of carbonyl (C=O) groups is 1. The molecular formula is C20H24N2O5S. The molecule has 0 spiro atoms. The Kier molecular flexibility index (Phi) is 6.66. The number of aryl methyl sites for hydroxylation is 1. The first-order chi connectivity index (χ1) is 13.5. The molecule has 1 aliphatic rings. The third-order valence-corrected chi connectivity index (χ3v) is 6.30. The van der Waals surface area contributed by atoms with Gasteiger partial charge in [0.15, 0.2) is 6.61 Å². The number of nitrogens with one attached hydrogen (secondary N) is 1. The van der Waals surface area contributed by atoms with Crippen LogP contribution < -0.4 is 10.1 Å². The fourth-order valence-corrected chi connectivity index (χ4v) is 4.33. The van der Waals surface area contributed by atoms with E-state index in [1.165, 1.54) is 16.4 Å². The van der Waals surface area contributed by atoms with Gasteiger partial charge in [0, 0.05) is 18.8 Å². The molecule has 1 saturated heterocycles. The lowest BCUT2D eigenvalue weighted by atomic mass is 10.2. The van der Waals surface area contributed by atoms with Crippen molar-refractivity contribution in [2.75, 3.05) is 38.2 Å². The third-order valence-electron chi connectivity index (χ3n) is 4.40. The second-order valence-corrected chi connectivity index (χ2v) is 8.32. The zero-order chi connectivity index (χ0) is 20.0. The molecule has 1 N–H and O–H groups in total. The van der Waals surface area contributed by atoms with Gasteiger partial charge >= 0.3 is 0 Å². The number of morpholine rings is 1. The van der Waals surface area contributed by atoms with Gasteiger partial charge in [0.25, 0.3) is 5.91 Å². The number of hydrogen-bond donors (Lipinski definition) is 1. The van der Waals surface area contributed by atoms with Crippen LogP contribution in [0.25, 0.3) is 0 Å². The molecule has 0 aromatic heterocycles. The minimum absolute atomic E-state index is 0.142. The number of rotatable bonds is 7. The van der Waals surface area contributed by atoms with Crippen molar-refractivity contribution in [3.05, 3.63) is 54.1 Å². The van der Waals surface area contributed by atoms with Crippen LogP contribution in [0, 0.1) is 0 Å². The lowest BCUT2D eigenvalue weighted by Gasteiger charge is -2.26. The van der Waals surface area contributed by atoms with Gasteiger partial charge in [0.2, 0.25) is 10.0 Å². The van der Waals surface area contributed by atoms with Crippen molar-refractivity contribution in [3.8, 4) is 5.75 Å². The maximum absolute atomic E-state index is 12.7. The Hall–Kier alpha value is -2.42. The van der Waals surface area contributed by atoms with Crippen molar-refractivity contribution in [1.29, 1.82) is 0 Å². The van der Waals surface area contributed by atoms with Crippen LogP contribution in [-0.4, -0.2) is 51.5 Å².